The highest BCUT2D eigenvalue weighted by Crippen LogP contribution is 2.23. The van der Waals surface area contributed by atoms with Gasteiger partial charge in [-0.3, -0.25) is 4.79 Å². The molecular weight excluding hydrogens is 222 g/mol. The number of rotatable bonds is 4. The lowest BCUT2D eigenvalue weighted by Gasteiger charge is -2.09. The highest BCUT2D eigenvalue weighted by atomic mass is 16.5. The van der Waals surface area contributed by atoms with Crippen LogP contribution in [0.25, 0.3) is 5.69 Å². The highest BCUT2D eigenvalue weighted by Gasteiger charge is 2.09. The summed E-state index contributed by atoms with van der Waals surface area (Å²) in [5.41, 5.74) is 1.35. The molecule has 1 heterocycles. The number of aromatic nitrogens is 3. The molecule has 1 aromatic carbocycles. The molecule has 0 spiro atoms. The third kappa shape index (κ3) is 2.41. The monoisotopic (exact) mass is 233 g/mol. The summed E-state index contributed by atoms with van der Waals surface area (Å²) < 4.78 is 6.72. The Bertz CT molecular complexity index is 523. The summed E-state index contributed by atoms with van der Waals surface area (Å²) in [4.78, 5) is 10.7. The van der Waals surface area contributed by atoms with Crippen molar-refractivity contribution in [1.82, 2.24) is 15.0 Å². The minimum atomic E-state index is -0.875. The second-order valence-electron chi connectivity index (χ2n) is 3.42. The zero-order valence-corrected chi connectivity index (χ0v) is 9.20. The van der Waals surface area contributed by atoms with Gasteiger partial charge in [-0.05, 0) is 17.7 Å². The Kier molecular flexibility index (Phi) is 3.04. The van der Waals surface area contributed by atoms with Crippen molar-refractivity contribution in [2.24, 2.45) is 0 Å². The number of aliphatic carboxylic acids is 1. The first-order chi connectivity index (χ1) is 8.20. The number of ether oxygens (including phenoxy) is 1. The molecule has 0 saturated carbocycles. The summed E-state index contributed by atoms with van der Waals surface area (Å²) in [5.74, 6) is -0.260. The Morgan fingerprint density at radius 3 is 2.94 bits per heavy atom. The molecule has 17 heavy (non-hydrogen) atoms. The van der Waals surface area contributed by atoms with Crippen LogP contribution < -0.4 is 4.74 Å². The molecular formula is C11H11N3O3. The number of methoxy groups -OCH3 is 1. The van der Waals surface area contributed by atoms with E-state index in [-0.39, 0.29) is 6.42 Å². The number of hydrogen-bond donors (Lipinski definition) is 1. The van der Waals surface area contributed by atoms with E-state index in [0.717, 1.165) is 0 Å². The van der Waals surface area contributed by atoms with E-state index in [0.29, 0.717) is 17.0 Å². The summed E-state index contributed by atoms with van der Waals surface area (Å²) in [7, 11) is 1.55. The van der Waals surface area contributed by atoms with E-state index in [1.54, 1.807) is 37.7 Å². The van der Waals surface area contributed by atoms with Gasteiger partial charge in [0.1, 0.15) is 11.4 Å². The van der Waals surface area contributed by atoms with Crippen LogP contribution in [-0.4, -0.2) is 33.2 Å². The van der Waals surface area contributed by atoms with Crippen LogP contribution in [0.3, 0.4) is 0 Å². The normalized spacial score (nSPS) is 10.2. The average molecular weight is 233 g/mol. The largest absolute Gasteiger partial charge is 0.494 e. The van der Waals surface area contributed by atoms with Crippen LogP contribution in [0, 0.1) is 0 Å². The Morgan fingerprint density at radius 2 is 2.35 bits per heavy atom. The molecule has 0 atom stereocenters. The number of benzene rings is 1. The minimum absolute atomic E-state index is 0.0360. The van der Waals surface area contributed by atoms with Crippen molar-refractivity contribution in [3.05, 3.63) is 36.2 Å². The van der Waals surface area contributed by atoms with Gasteiger partial charge in [-0.1, -0.05) is 11.3 Å². The lowest BCUT2D eigenvalue weighted by Crippen LogP contribution is -2.04. The molecule has 0 radical (unpaired) electrons. The van der Waals surface area contributed by atoms with Gasteiger partial charge >= 0.3 is 5.97 Å². The van der Waals surface area contributed by atoms with E-state index in [1.807, 2.05) is 0 Å². The van der Waals surface area contributed by atoms with Gasteiger partial charge in [-0.2, -0.15) is 0 Å². The topological polar surface area (TPSA) is 77.2 Å². The third-order valence-electron chi connectivity index (χ3n) is 2.27. The summed E-state index contributed by atoms with van der Waals surface area (Å²) >= 11 is 0. The molecule has 88 valence electrons. The van der Waals surface area contributed by atoms with Gasteiger partial charge in [0.25, 0.3) is 0 Å². The van der Waals surface area contributed by atoms with E-state index < -0.39 is 5.97 Å². The van der Waals surface area contributed by atoms with Crippen LogP contribution in [0.4, 0.5) is 0 Å². The first-order valence-corrected chi connectivity index (χ1v) is 4.96. The molecule has 0 amide bonds. The molecule has 2 aromatic rings. The molecule has 0 saturated heterocycles. The maximum absolute atomic E-state index is 10.7. The molecule has 2 rings (SSSR count). The quantitative estimate of drug-likeness (QED) is 0.849. The van der Waals surface area contributed by atoms with Crippen molar-refractivity contribution in [3.8, 4) is 11.4 Å². The Hall–Kier alpha value is -2.37. The van der Waals surface area contributed by atoms with Crippen LogP contribution in [0.2, 0.25) is 0 Å². The second-order valence-corrected chi connectivity index (χ2v) is 3.42. The van der Waals surface area contributed by atoms with Crippen LogP contribution in [0.15, 0.2) is 30.6 Å². The molecule has 0 bridgehead atoms. The van der Waals surface area contributed by atoms with Gasteiger partial charge in [0.05, 0.1) is 25.9 Å². The summed E-state index contributed by atoms with van der Waals surface area (Å²) in [6.07, 6.45) is 3.18. The third-order valence-corrected chi connectivity index (χ3v) is 2.27. The zero-order valence-electron chi connectivity index (χ0n) is 9.20. The summed E-state index contributed by atoms with van der Waals surface area (Å²) in [6, 6.07) is 5.16. The molecule has 0 unspecified atom stereocenters. The summed E-state index contributed by atoms with van der Waals surface area (Å²) in [5, 5.41) is 16.3. The fourth-order valence-electron chi connectivity index (χ4n) is 1.54. The van der Waals surface area contributed by atoms with E-state index in [9.17, 15) is 4.79 Å². The van der Waals surface area contributed by atoms with E-state index >= 15 is 0 Å². The van der Waals surface area contributed by atoms with Gasteiger partial charge < -0.3 is 9.84 Å². The lowest BCUT2D eigenvalue weighted by atomic mass is 10.1. The molecule has 6 heteroatoms. The van der Waals surface area contributed by atoms with Gasteiger partial charge in [0, 0.05) is 0 Å². The molecule has 1 aromatic heterocycles. The SMILES string of the molecule is COc1ccc(CC(=O)O)cc1-n1ccnn1. The Balaban J connectivity index is 2.43. The number of carboxylic acids is 1. The van der Waals surface area contributed by atoms with Crippen molar-refractivity contribution >= 4 is 5.97 Å². The number of carboxylic acid groups (broad SMARTS) is 1. The van der Waals surface area contributed by atoms with E-state index in [4.69, 9.17) is 9.84 Å². The fraction of sp³-hybridized carbons (Fsp3) is 0.182. The molecule has 0 aliphatic rings. The number of hydrogen-bond acceptors (Lipinski definition) is 4. The van der Waals surface area contributed by atoms with E-state index in [2.05, 4.69) is 10.3 Å². The molecule has 1 N–H and O–H groups in total. The Labute approximate surface area is 97.4 Å². The second kappa shape index (κ2) is 4.65. The molecule has 0 aliphatic carbocycles. The highest BCUT2D eigenvalue weighted by molar-refractivity contribution is 5.70. The molecule has 6 nitrogen and oxygen atoms in total. The van der Waals surface area contributed by atoms with Crippen LogP contribution in [-0.2, 0) is 11.2 Å². The van der Waals surface area contributed by atoms with Crippen molar-refractivity contribution in [1.29, 1.82) is 0 Å². The molecule has 0 fully saturated rings. The minimum Gasteiger partial charge on any atom is -0.494 e. The summed E-state index contributed by atoms with van der Waals surface area (Å²) in [6.45, 7) is 0. The van der Waals surface area contributed by atoms with Crippen LogP contribution in [0.1, 0.15) is 5.56 Å². The van der Waals surface area contributed by atoms with Gasteiger partial charge in [0.2, 0.25) is 0 Å². The fourth-order valence-corrected chi connectivity index (χ4v) is 1.54. The predicted molar refractivity (Wildman–Crippen MR) is 59.3 cm³/mol. The first-order valence-electron chi connectivity index (χ1n) is 4.96. The van der Waals surface area contributed by atoms with Crippen LogP contribution >= 0.6 is 0 Å². The maximum atomic E-state index is 10.7. The van der Waals surface area contributed by atoms with Crippen molar-refractivity contribution in [2.45, 2.75) is 6.42 Å². The first kappa shape index (κ1) is 11.1. The van der Waals surface area contributed by atoms with E-state index in [1.165, 1.54) is 4.68 Å². The van der Waals surface area contributed by atoms with Crippen molar-refractivity contribution in [3.63, 3.8) is 0 Å². The maximum Gasteiger partial charge on any atom is 0.307 e. The smallest absolute Gasteiger partial charge is 0.307 e. The van der Waals surface area contributed by atoms with Gasteiger partial charge in [-0.15, -0.1) is 5.10 Å². The number of carbonyl (C=O) groups is 1. The van der Waals surface area contributed by atoms with Crippen molar-refractivity contribution in [2.75, 3.05) is 7.11 Å². The standard InChI is InChI=1S/C11H11N3O3/c1-17-10-3-2-8(7-11(15)16)6-9(10)14-5-4-12-13-14/h2-6H,7H2,1H3,(H,15,16). The lowest BCUT2D eigenvalue weighted by molar-refractivity contribution is -0.136. The van der Waals surface area contributed by atoms with Gasteiger partial charge in [-0.25, -0.2) is 4.68 Å². The Morgan fingerprint density at radius 1 is 1.53 bits per heavy atom. The van der Waals surface area contributed by atoms with Crippen molar-refractivity contribution < 1.29 is 14.6 Å². The van der Waals surface area contributed by atoms with Crippen LogP contribution in [0.5, 0.6) is 5.75 Å². The number of nitrogens with zero attached hydrogens (tertiary/aromatic N) is 3. The van der Waals surface area contributed by atoms with Gasteiger partial charge in [0.15, 0.2) is 0 Å². The molecule has 0 aliphatic heterocycles. The average Bonchev–Trinajstić information content (AvgIpc) is 2.81. The predicted octanol–water partition coefficient (Wildman–Crippen LogP) is 0.903. The zero-order chi connectivity index (χ0) is 12.3.